The number of amides is 1. The quantitative estimate of drug-likeness (QED) is 0.583. The van der Waals surface area contributed by atoms with Gasteiger partial charge in [0.2, 0.25) is 0 Å². The number of benzene rings is 1. The van der Waals surface area contributed by atoms with E-state index in [1.807, 2.05) is 19.9 Å². The average molecular weight is 416 g/mol. The Balaban J connectivity index is 3.10. The van der Waals surface area contributed by atoms with Gasteiger partial charge in [-0.3, -0.25) is 4.79 Å². The second-order valence-corrected chi connectivity index (χ2v) is 6.18. The van der Waals surface area contributed by atoms with Crippen LogP contribution in [0.4, 0.5) is 0 Å². The summed E-state index contributed by atoms with van der Waals surface area (Å²) in [6, 6.07) is 5.54. The van der Waals surface area contributed by atoms with E-state index in [4.69, 9.17) is 10.00 Å². The highest BCUT2D eigenvalue weighted by Gasteiger charge is 2.13. The molecule has 0 spiro atoms. The van der Waals surface area contributed by atoms with E-state index in [9.17, 15) is 4.79 Å². The molecule has 1 aromatic rings. The summed E-state index contributed by atoms with van der Waals surface area (Å²) >= 11 is 6.78. The Morgan fingerprint density at radius 1 is 1.48 bits per heavy atom. The van der Waals surface area contributed by atoms with E-state index in [1.54, 1.807) is 25.3 Å². The molecule has 4 nitrogen and oxygen atoms in total. The van der Waals surface area contributed by atoms with Crippen LogP contribution in [0, 0.1) is 11.3 Å². The maximum Gasteiger partial charge on any atom is 0.262 e. The van der Waals surface area contributed by atoms with E-state index < -0.39 is 0 Å². The number of halogens is 2. The second kappa shape index (κ2) is 8.20. The zero-order valence-corrected chi connectivity index (χ0v) is 15.2. The summed E-state index contributed by atoms with van der Waals surface area (Å²) in [5.41, 5.74) is 0.796. The number of carbonyl (C=O) groups is 1. The topological polar surface area (TPSA) is 62.1 Å². The van der Waals surface area contributed by atoms with Crippen LogP contribution in [0.15, 0.2) is 26.7 Å². The summed E-state index contributed by atoms with van der Waals surface area (Å²) in [6.45, 7) is 3.87. The Kier molecular flexibility index (Phi) is 6.93. The van der Waals surface area contributed by atoms with Crippen molar-refractivity contribution in [3.05, 3.63) is 32.2 Å². The van der Waals surface area contributed by atoms with Crippen molar-refractivity contribution in [3.8, 4) is 11.8 Å². The minimum atomic E-state index is -0.366. The van der Waals surface area contributed by atoms with Crippen molar-refractivity contribution < 1.29 is 9.53 Å². The van der Waals surface area contributed by atoms with Crippen LogP contribution in [0.5, 0.6) is 5.75 Å². The minimum Gasteiger partial charge on any atom is -0.494 e. The normalized spacial score (nSPS) is 12.5. The van der Waals surface area contributed by atoms with Gasteiger partial charge >= 0.3 is 0 Å². The van der Waals surface area contributed by atoms with E-state index in [2.05, 4.69) is 37.2 Å². The Labute approximate surface area is 141 Å². The molecule has 0 radical (unpaired) electrons. The molecule has 1 aromatic carbocycles. The fourth-order valence-electron chi connectivity index (χ4n) is 1.58. The number of nitrogens with zero attached hydrogens (tertiary/aromatic N) is 1. The summed E-state index contributed by atoms with van der Waals surface area (Å²) in [4.78, 5) is 12.0. The van der Waals surface area contributed by atoms with Gasteiger partial charge in [-0.15, -0.1) is 0 Å². The maximum absolute atomic E-state index is 12.0. The lowest BCUT2D eigenvalue weighted by Gasteiger charge is -2.11. The van der Waals surface area contributed by atoms with Crippen LogP contribution in [0.3, 0.4) is 0 Å². The molecular formula is C15H16Br2N2O2. The van der Waals surface area contributed by atoms with E-state index >= 15 is 0 Å². The summed E-state index contributed by atoms with van der Waals surface area (Å²) in [5, 5.41) is 11.9. The van der Waals surface area contributed by atoms with Gasteiger partial charge in [-0.25, -0.2) is 0 Å². The summed E-state index contributed by atoms with van der Waals surface area (Å²) < 4.78 is 6.70. The molecule has 1 atom stereocenters. The van der Waals surface area contributed by atoms with Crippen molar-refractivity contribution in [2.24, 2.45) is 0 Å². The summed E-state index contributed by atoms with van der Waals surface area (Å²) in [7, 11) is 1.57. The number of methoxy groups -OCH3 is 1. The smallest absolute Gasteiger partial charge is 0.262 e. The highest BCUT2D eigenvalue weighted by Crippen LogP contribution is 2.34. The number of hydrogen-bond donors (Lipinski definition) is 1. The lowest BCUT2D eigenvalue weighted by atomic mass is 10.1. The van der Waals surface area contributed by atoms with Gasteiger partial charge in [-0.2, -0.15) is 5.26 Å². The lowest BCUT2D eigenvalue weighted by Crippen LogP contribution is -2.32. The zero-order chi connectivity index (χ0) is 16.0. The first-order valence-electron chi connectivity index (χ1n) is 6.38. The highest BCUT2D eigenvalue weighted by molar-refractivity contribution is 9.11. The zero-order valence-electron chi connectivity index (χ0n) is 12.0. The third kappa shape index (κ3) is 4.87. The number of nitriles is 1. The third-order valence-corrected chi connectivity index (χ3v) is 4.07. The molecule has 0 aromatic heterocycles. The van der Waals surface area contributed by atoms with Crippen molar-refractivity contribution in [3.63, 3.8) is 0 Å². The molecule has 0 aliphatic heterocycles. The van der Waals surface area contributed by atoms with Crippen molar-refractivity contribution in [1.29, 1.82) is 5.26 Å². The molecule has 1 rings (SSSR count). The molecule has 0 unspecified atom stereocenters. The molecule has 0 aliphatic carbocycles. The standard InChI is InChI=1S/C15H16Br2N2O2/c1-4-9(2)19-15(20)11(8-18)5-10-6-12(16)14(21-3)13(17)7-10/h5-7,9H,4H2,1-3H3,(H,19,20)/b11-5+/t9-/m1/s1. The van der Waals surface area contributed by atoms with E-state index in [-0.39, 0.29) is 17.5 Å². The van der Waals surface area contributed by atoms with Crippen molar-refractivity contribution >= 4 is 43.8 Å². The van der Waals surface area contributed by atoms with Gasteiger partial charge < -0.3 is 10.1 Å². The molecule has 6 heteroatoms. The van der Waals surface area contributed by atoms with Crippen LogP contribution < -0.4 is 10.1 Å². The van der Waals surface area contributed by atoms with Crippen molar-refractivity contribution in [2.45, 2.75) is 26.3 Å². The maximum atomic E-state index is 12.0. The van der Waals surface area contributed by atoms with Gasteiger partial charge in [0.1, 0.15) is 17.4 Å². The molecule has 0 fully saturated rings. The van der Waals surface area contributed by atoms with Crippen LogP contribution in [0.25, 0.3) is 6.08 Å². The van der Waals surface area contributed by atoms with Crippen LogP contribution in [0.2, 0.25) is 0 Å². The summed E-state index contributed by atoms with van der Waals surface area (Å²) in [5.74, 6) is 0.296. The van der Waals surface area contributed by atoms with E-state index in [0.717, 1.165) is 20.9 Å². The van der Waals surface area contributed by atoms with Gasteiger partial charge in [0.05, 0.1) is 16.1 Å². The second-order valence-electron chi connectivity index (χ2n) is 4.47. The molecular weight excluding hydrogens is 400 g/mol. The molecule has 1 N–H and O–H groups in total. The van der Waals surface area contributed by atoms with E-state index in [1.165, 1.54) is 0 Å². The van der Waals surface area contributed by atoms with Crippen LogP contribution in [0.1, 0.15) is 25.8 Å². The predicted molar refractivity (Wildman–Crippen MR) is 89.9 cm³/mol. The van der Waals surface area contributed by atoms with Gasteiger partial charge in [0, 0.05) is 6.04 Å². The SMILES string of the molecule is CC[C@@H](C)NC(=O)/C(C#N)=C/c1cc(Br)c(OC)c(Br)c1. The van der Waals surface area contributed by atoms with Gasteiger partial charge in [0.25, 0.3) is 5.91 Å². The molecule has 0 heterocycles. The minimum absolute atomic E-state index is 0.0311. The third-order valence-electron chi connectivity index (χ3n) is 2.89. The monoisotopic (exact) mass is 414 g/mol. The van der Waals surface area contributed by atoms with Crippen LogP contribution >= 0.6 is 31.9 Å². The Morgan fingerprint density at radius 3 is 2.48 bits per heavy atom. The first-order valence-corrected chi connectivity index (χ1v) is 7.97. The van der Waals surface area contributed by atoms with Crippen molar-refractivity contribution in [1.82, 2.24) is 5.32 Å². The predicted octanol–water partition coefficient (Wildman–Crippen LogP) is 4.04. The fourth-order valence-corrected chi connectivity index (χ4v) is 3.12. The lowest BCUT2D eigenvalue weighted by molar-refractivity contribution is -0.117. The highest BCUT2D eigenvalue weighted by atomic mass is 79.9. The number of ether oxygens (including phenoxy) is 1. The average Bonchev–Trinajstić information content (AvgIpc) is 2.44. The number of carbonyl (C=O) groups excluding carboxylic acids is 1. The van der Waals surface area contributed by atoms with Gasteiger partial charge in [-0.1, -0.05) is 6.92 Å². The Hall–Kier alpha value is -1.32. The van der Waals surface area contributed by atoms with E-state index in [0.29, 0.717) is 5.75 Å². The molecule has 21 heavy (non-hydrogen) atoms. The fraction of sp³-hybridized carbons (Fsp3) is 0.333. The first kappa shape index (κ1) is 17.7. The summed E-state index contributed by atoms with van der Waals surface area (Å²) in [6.07, 6.45) is 2.36. The molecule has 112 valence electrons. The number of hydrogen-bond acceptors (Lipinski definition) is 3. The molecule has 0 saturated heterocycles. The molecule has 0 bridgehead atoms. The number of nitrogens with one attached hydrogen (secondary N) is 1. The molecule has 0 aliphatic rings. The first-order chi connectivity index (χ1) is 9.92. The van der Waals surface area contributed by atoms with Gasteiger partial charge in [-0.05, 0) is 69.0 Å². The van der Waals surface area contributed by atoms with Crippen LogP contribution in [-0.2, 0) is 4.79 Å². The molecule has 1 amide bonds. The van der Waals surface area contributed by atoms with Crippen LogP contribution in [-0.4, -0.2) is 19.1 Å². The van der Waals surface area contributed by atoms with Crippen molar-refractivity contribution in [2.75, 3.05) is 7.11 Å². The Morgan fingerprint density at radius 2 is 2.05 bits per heavy atom. The largest absolute Gasteiger partial charge is 0.494 e. The Bertz CT molecular complexity index is 583. The number of rotatable bonds is 5. The van der Waals surface area contributed by atoms with Gasteiger partial charge in [0.15, 0.2) is 0 Å². The molecule has 0 saturated carbocycles.